The van der Waals surface area contributed by atoms with Gasteiger partial charge in [-0.1, -0.05) is 37.3 Å². The smallest absolute Gasteiger partial charge is 0.160 e. The van der Waals surface area contributed by atoms with Gasteiger partial charge < -0.3 is 14.8 Å². The standard InChI is InChI=1S/C30H45N7/c1-7-27(36-20-22(3)32-23(4)21-36)29-33-26-18-25(19-31-28(26)37(29)8-2)35-16-14-30(15-17-35,34(5)6)24-12-10-9-11-13-24/h9-13,18-19,22-23,27,32H,7-8,14-17,20-21H2,1-6H3/t22-,23+,27?. The van der Waals surface area contributed by atoms with Crippen LogP contribution in [0.3, 0.4) is 0 Å². The molecule has 200 valence electrons. The summed E-state index contributed by atoms with van der Waals surface area (Å²) >= 11 is 0. The number of piperidine rings is 1. The number of fused-ring (bicyclic) bond motifs is 1. The van der Waals surface area contributed by atoms with Gasteiger partial charge in [0.15, 0.2) is 5.65 Å². The van der Waals surface area contributed by atoms with Crippen LogP contribution in [0.5, 0.6) is 0 Å². The zero-order chi connectivity index (χ0) is 26.2. The Balaban J connectivity index is 1.40. The van der Waals surface area contributed by atoms with Gasteiger partial charge in [0.05, 0.1) is 17.9 Å². The van der Waals surface area contributed by atoms with Crippen LogP contribution in [0.2, 0.25) is 0 Å². The molecule has 0 saturated carbocycles. The number of aryl methyl sites for hydroxylation is 1. The lowest BCUT2D eigenvalue weighted by atomic mass is 9.79. The Labute approximate surface area is 222 Å². The number of hydrogen-bond donors (Lipinski definition) is 1. The van der Waals surface area contributed by atoms with Gasteiger partial charge in [-0.15, -0.1) is 0 Å². The molecule has 0 bridgehead atoms. The lowest BCUT2D eigenvalue weighted by Gasteiger charge is -2.47. The molecule has 7 heteroatoms. The van der Waals surface area contributed by atoms with Crippen LogP contribution in [0, 0.1) is 0 Å². The zero-order valence-corrected chi connectivity index (χ0v) is 23.6. The van der Waals surface area contributed by atoms with Gasteiger partial charge in [-0.25, -0.2) is 9.97 Å². The van der Waals surface area contributed by atoms with Crippen molar-refractivity contribution in [3.63, 3.8) is 0 Å². The second-order valence-corrected chi connectivity index (χ2v) is 11.4. The second-order valence-electron chi connectivity index (χ2n) is 11.4. The number of piperazine rings is 1. The van der Waals surface area contributed by atoms with Crippen molar-refractivity contribution in [2.45, 2.75) is 77.2 Å². The van der Waals surface area contributed by atoms with Crippen molar-refractivity contribution in [2.24, 2.45) is 0 Å². The van der Waals surface area contributed by atoms with Crippen molar-refractivity contribution in [3.8, 4) is 0 Å². The first-order valence-electron chi connectivity index (χ1n) is 14.2. The summed E-state index contributed by atoms with van der Waals surface area (Å²) in [6.45, 7) is 14.1. The van der Waals surface area contributed by atoms with Crippen LogP contribution < -0.4 is 10.2 Å². The summed E-state index contributed by atoms with van der Waals surface area (Å²) in [6.07, 6.45) is 5.30. The molecule has 0 aliphatic carbocycles. The van der Waals surface area contributed by atoms with E-state index in [1.54, 1.807) is 0 Å². The average Bonchev–Trinajstić information content (AvgIpc) is 3.26. The van der Waals surface area contributed by atoms with Crippen LogP contribution in [-0.2, 0) is 12.1 Å². The molecule has 0 radical (unpaired) electrons. The predicted molar refractivity (Wildman–Crippen MR) is 153 cm³/mol. The Kier molecular flexibility index (Phi) is 7.57. The Morgan fingerprint density at radius 3 is 2.32 bits per heavy atom. The van der Waals surface area contributed by atoms with Gasteiger partial charge in [0.25, 0.3) is 0 Å². The van der Waals surface area contributed by atoms with Crippen LogP contribution in [0.25, 0.3) is 11.2 Å². The minimum atomic E-state index is 0.0815. The first kappa shape index (κ1) is 26.1. The minimum absolute atomic E-state index is 0.0815. The molecule has 2 aliphatic heterocycles. The normalized spacial score (nSPS) is 23.6. The highest BCUT2D eigenvalue weighted by Gasteiger charge is 2.38. The maximum atomic E-state index is 5.24. The van der Waals surface area contributed by atoms with Crippen molar-refractivity contribution in [1.29, 1.82) is 0 Å². The third-order valence-corrected chi connectivity index (χ3v) is 8.75. The van der Waals surface area contributed by atoms with Gasteiger partial charge in [0.1, 0.15) is 11.3 Å². The Morgan fingerprint density at radius 1 is 1.05 bits per heavy atom. The van der Waals surface area contributed by atoms with E-state index in [4.69, 9.17) is 9.97 Å². The summed E-state index contributed by atoms with van der Waals surface area (Å²) in [5.41, 5.74) is 4.73. The van der Waals surface area contributed by atoms with Crippen LogP contribution in [0.4, 0.5) is 5.69 Å². The molecule has 0 amide bonds. The number of nitrogens with one attached hydrogen (secondary N) is 1. The van der Waals surface area contributed by atoms with Crippen LogP contribution >= 0.6 is 0 Å². The van der Waals surface area contributed by atoms with Gasteiger partial charge in [-0.2, -0.15) is 0 Å². The van der Waals surface area contributed by atoms with E-state index in [0.29, 0.717) is 18.1 Å². The molecule has 1 unspecified atom stereocenters. The Morgan fingerprint density at radius 2 is 1.73 bits per heavy atom. The number of anilines is 1. The summed E-state index contributed by atoms with van der Waals surface area (Å²) < 4.78 is 2.34. The zero-order valence-electron chi connectivity index (χ0n) is 23.6. The SMILES string of the molecule is CCC(c1nc2cc(N3CCC(c4ccccc4)(N(C)C)CC3)cnc2n1CC)N1C[C@@H](C)N[C@@H](C)C1. The molecule has 0 spiro atoms. The molecule has 1 aromatic carbocycles. The number of nitrogens with zero attached hydrogens (tertiary/aromatic N) is 6. The van der Waals surface area contributed by atoms with E-state index in [0.717, 1.165) is 63.2 Å². The molecule has 1 N–H and O–H groups in total. The highest BCUT2D eigenvalue weighted by atomic mass is 15.3. The van der Waals surface area contributed by atoms with Crippen LogP contribution in [0.15, 0.2) is 42.6 Å². The van der Waals surface area contributed by atoms with E-state index < -0.39 is 0 Å². The lowest BCUT2D eigenvalue weighted by molar-refractivity contribution is 0.113. The molecule has 4 heterocycles. The van der Waals surface area contributed by atoms with E-state index in [-0.39, 0.29) is 5.54 Å². The molecule has 3 atom stereocenters. The maximum absolute atomic E-state index is 5.24. The van der Waals surface area contributed by atoms with Crippen molar-refractivity contribution in [1.82, 2.24) is 29.7 Å². The fraction of sp³-hybridized carbons (Fsp3) is 0.600. The number of benzene rings is 1. The van der Waals surface area contributed by atoms with Gasteiger partial charge in [-0.05, 0) is 65.8 Å². The van der Waals surface area contributed by atoms with E-state index in [2.05, 4.69) is 109 Å². The number of pyridine rings is 1. The highest BCUT2D eigenvalue weighted by Crippen LogP contribution is 2.39. The summed E-state index contributed by atoms with van der Waals surface area (Å²) in [5, 5.41) is 3.67. The summed E-state index contributed by atoms with van der Waals surface area (Å²) in [6, 6.07) is 14.6. The molecular formula is C30H45N7. The number of aromatic nitrogens is 3. The molecule has 2 aliphatic rings. The molecule has 2 fully saturated rings. The predicted octanol–water partition coefficient (Wildman–Crippen LogP) is 4.64. The van der Waals surface area contributed by atoms with Crippen LogP contribution in [0.1, 0.15) is 64.4 Å². The van der Waals surface area contributed by atoms with E-state index in [1.807, 2.05) is 0 Å². The van der Waals surface area contributed by atoms with Crippen molar-refractivity contribution < 1.29 is 0 Å². The maximum Gasteiger partial charge on any atom is 0.160 e. The molecule has 7 nitrogen and oxygen atoms in total. The summed E-state index contributed by atoms with van der Waals surface area (Å²) in [4.78, 5) is 17.8. The number of hydrogen-bond acceptors (Lipinski definition) is 6. The van der Waals surface area contributed by atoms with E-state index in [9.17, 15) is 0 Å². The van der Waals surface area contributed by atoms with Crippen molar-refractivity contribution in [2.75, 3.05) is 45.2 Å². The molecule has 2 aromatic heterocycles. The third-order valence-electron chi connectivity index (χ3n) is 8.75. The first-order chi connectivity index (χ1) is 17.9. The molecule has 3 aromatic rings. The first-order valence-corrected chi connectivity index (χ1v) is 14.2. The lowest BCUT2D eigenvalue weighted by Crippen LogP contribution is -2.55. The van der Waals surface area contributed by atoms with Crippen molar-refractivity contribution in [3.05, 3.63) is 54.0 Å². The molecule has 37 heavy (non-hydrogen) atoms. The minimum Gasteiger partial charge on any atom is -0.370 e. The average molecular weight is 504 g/mol. The quantitative estimate of drug-likeness (QED) is 0.507. The fourth-order valence-electron chi connectivity index (χ4n) is 6.86. The second kappa shape index (κ2) is 10.7. The van der Waals surface area contributed by atoms with Gasteiger partial charge in [0.2, 0.25) is 0 Å². The van der Waals surface area contributed by atoms with Gasteiger partial charge >= 0.3 is 0 Å². The molecule has 2 saturated heterocycles. The number of rotatable bonds is 7. The fourth-order valence-corrected chi connectivity index (χ4v) is 6.86. The molecule has 5 rings (SSSR count). The largest absolute Gasteiger partial charge is 0.370 e. The highest BCUT2D eigenvalue weighted by molar-refractivity contribution is 5.76. The summed E-state index contributed by atoms with van der Waals surface area (Å²) in [7, 11) is 4.44. The summed E-state index contributed by atoms with van der Waals surface area (Å²) in [5.74, 6) is 1.17. The van der Waals surface area contributed by atoms with Crippen molar-refractivity contribution >= 4 is 16.9 Å². The number of imidazole rings is 1. The van der Waals surface area contributed by atoms with Gasteiger partial charge in [-0.3, -0.25) is 9.80 Å². The van der Waals surface area contributed by atoms with E-state index in [1.165, 1.54) is 17.1 Å². The topological polar surface area (TPSA) is 52.5 Å². The molecular weight excluding hydrogens is 458 g/mol. The monoisotopic (exact) mass is 503 g/mol. The third kappa shape index (κ3) is 4.89. The Hall–Kier alpha value is -2.48. The van der Waals surface area contributed by atoms with Gasteiger partial charge in [0, 0.05) is 50.3 Å². The van der Waals surface area contributed by atoms with E-state index >= 15 is 0 Å². The Bertz CT molecular complexity index is 1170. The van der Waals surface area contributed by atoms with Crippen LogP contribution in [-0.4, -0.2) is 76.7 Å².